The van der Waals surface area contributed by atoms with Gasteiger partial charge in [0.05, 0.1) is 12.2 Å². The number of aromatic nitrogens is 1. The highest BCUT2D eigenvalue weighted by Gasteiger charge is 2.21. The molecular formula is C20H30Cl2N4O2. The van der Waals surface area contributed by atoms with Gasteiger partial charge in [-0.25, -0.2) is 4.98 Å². The van der Waals surface area contributed by atoms with Gasteiger partial charge in [-0.05, 0) is 70.3 Å². The van der Waals surface area contributed by atoms with Crippen molar-refractivity contribution in [1.29, 1.82) is 0 Å². The Hall–Kier alpha value is -1.76. The van der Waals surface area contributed by atoms with Gasteiger partial charge < -0.3 is 15.5 Å². The summed E-state index contributed by atoms with van der Waals surface area (Å²) in [6.45, 7) is 9.31. The number of hydrogen-bond acceptors (Lipinski definition) is 5. The first-order valence-electron chi connectivity index (χ1n) is 9.22. The first kappa shape index (κ1) is 24.3. The SMILES string of the molecule is Cc1ccc(N)cc1C(=O)NCC1CCN(Cc2nc(C)c(C)o2)CC1.Cl.Cl. The zero-order valence-electron chi connectivity index (χ0n) is 16.7. The second-order valence-electron chi connectivity index (χ2n) is 7.25. The number of rotatable bonds is 5. The maximum Gasteiger partial charge on any atom is 0.251 e. The second-order valence-corrected chi connectivity index (χ2v) is 7.25. The number of piperidine rings is 1. The smallest absolute Gasteiger partial charge is 0.251 e. The van der Waals surface area contributed by atoms with Crippen LogP contribution in [0.1, 0.15) is 46.1 Å². The molecule has 1 amide bonds. The van der Waals surface area contributed by atoms with E-state index in [1.165, 1.54) is 0 Å². The molecule has 8 heteroatoms. The summed E-state index contributed by atoms with van der Waals surface area (Å²) in [5.41, 5.74) is 8.99. The Labute approximate surface area is 179 Å². The van der Waals surface area contributed by atoms with Crippen LogP contribution < -0.4 is 11.1 Å². The van der Waals surface area contributed by atoms with Gasteiger partial charge in [0.1, 0.15) is 5.76 Å². The van der Waals surface area contributed by atoms with Crippen LogP contribution in [0.15, 0.2) is 22.6 Å². The topological polar surface area (TPSA) is 84.4 Å². The molecule has 3 rings (SSSR count). The molecule has 0 aliphatic carbocycles. The van der Waals surface area contributed by atoms with Crippen molar-refractivity contribution in [2.75, 3.05) is 25.4 Å². The van der Waals surface area contributed by atoms with Gasteiger partial charge >= 0.3 is 0 Å². The molecule has 28 heavy (non-hydrogen) atoms. The predicted molar refractivity (Wildman–Crippen MR) is 116 cm³/mol. The molecular weight excluding hydrogens is 399 g/mol. The molecule has 0 radical (unpaired) electrons. The highest BCUT2D eigenvalue weighted by atomic mass is 35.5. The van der Waals surface area contributed by atoms with Gasteiger partial charge in [-0.2, -0.15) is 0 Å². The number of anilines is 1. The van der Waals surface area contributed by atoms with Crippen molar-refractivity contribution in [3.8, 4) is 0 Å². The Morgan fingerprint density at radius 2 is 1.93 bits per heavy atom. The molecule has 0 atom stereocenters. The molecule has 3 N–H and O–H groups in total. The highest BCUT2D eigenvalue weighted by Crippen LogP contribution is 2.20. The molecule has 1 aliphatic heterocycles. The number of nitrogens with one attached hydrogen (secondary N) is 1. The Balaban J connectivity index is 0.00000196. The lowest BCUT2D eigenvalue weighted by Crippen LogP contribution is -2.38. The van der Waals surface area contributed by atoms with E-state index in [1.807, 2.05) is 32.9 Å². The van der Waals surface area contributed by atoms with Crippen molar-refractivity contribution >= 4 is 36.4 Å². The summed E-state index contributed by atoms with van der Waals surface area (Å²) in [4.78, 5) is 19.2. The number of amides is 1. The quantitative estimate of drug-likeness (QED) is 0.709. The fourth-order valence-corrected chi connectivity index (χ4v) is 3.36. The second kappa shape index (κ2) is 10.7. The Bertz CT molecular complexity index is 767. The van der Waals surface area contributed by atoms with Gasteiger partial charge in [0.2, 0.25) is 5.89 Å². The molecule has 156 valence electrons. The minimum atomic E-state index is -0.0389. The van der Waals surface area contributed by atoms with Crippen molar-refractivity contribution in [3.63, 3.8) is 0 Å². The molecule has 0 bridgehead atoms. The van der Waals surface area contributed by atoms with Crippen LogP contribution in [0.2, 0.25) is 0 Å². The van der Waals surface area contributed by atoms with Crippen LogP contribution in [0.3, 0.4) is 0 Å². The summed E-state index contributed by atoms with van der Waals surface area (Å²) in [5, 5.41) is 3.07. The van der Waals surface area contributed by atoms with Gasteiger partial charge in [0, 0.05) is 17.8 Å². The largest absolute Gasteiger partial charge is 0.444 e. The molecule has 0 spiro atoms. The first-order valence-corrected chi connectivity index (χ1v) is 9.22. The summed E-state index contributed by atoms with van der Waals surface area (Å²) in [5.74, 6) is 2.16. The van der Waals surface area contributed by atoms with Crippen molar-refractivity contribution in [3.05, 3.63) is 46.7 Å². The summed E-state index contributed by atoms with van der Waals surface area (Å²) >= 11 is 0. The molecule has 0 saturated carbocycles. The number of nitrogens with zero attached hydrogens (tertiary/aromatic N) is 2. The highest BCUT2D eigenvalue weighted by molar-refractivity contribution is 5.96. The average molecular weight is 429 g/mol. The van der Waals surface area contributed by atoms with Crippen molar-refractivity contribution in [1.82, 2.24) is 15.2 Å². The standard InChI is InChI=1S/C20H28N4O2.2ClH/c1-13-4-5-17(21)10-18(13)20(25)22-11-16-6-8-24(9-7-16)12-19-23-14(2)15(3)26-19;;/h4-5,10,16H,6-9,11-12,21H2,1-3H3,(H,22,25);2*1H. The Morgan fingerprint density at radius 3 is 2.54 bits per heavy atom. The number of nitrogens with two attached hydrogens (primary N) is 1. The van der Waals surface area contributed by atoms with E-state index in [9.17, 15) is 4.79 Å². The maximum absolute atomic E-state index is 12.4. The van der Waals surface area contributed by atoms with E-state index in [-0.39, 0.29) is 30.7 Å². The molecule has 2 heterocycles. The summed E-state index contributed by atoms with van der Waals surface area (Å²) in [7, 11) is 0. The van der Waals surface area contributed by atoms with Gasteiger partial charge in [-0.1, -0.05) is 6.07 Å². The third kappa shape index (κ3) is 6.12. The summed E-state index contributed by atoms with van der Waals surface area (Å²) in [6.07, 6.45) is 2.13. The lowest BCUT2D eigenvalue weighted by atomic mass is 9.96. The van der Waals surface area contributed by atoms with Crippen LogP contribution in [0.5, 0.6) is 0 Å². The first-order chi connectivity index (χ1) is 12.4. The van der Waals surface area contributed by atoms with E-state index in [0.29, 0.717) is 23.7 Å². The number of carbonyl (C=O) groups excluding carboxylic acids is 1. The minimum Gasteiger partial charge on any atom is -0.444 e. The molecule has 1 aliphatic rings. The summed E-state index contributed by atoms with van der Waals surface area (Å²) in [6, 6.07) is 5.45. The number of aryl methyl sites for hydroxylation is 3. The van der Waals surface area contributed by atoms with E-state index in [1.54, 1.807) is 6.07 Å². The van der Waals surface area contributed by atoms with Gasteiger partial charge in [0.25, 0.3) is 5.91 Å². The number of carbonyl (C=O) groups is 1. The number of benzene rings is 1. The van der Waals surface area contributed by atoms with Crippen molar-refractivity contribution < 1.29 is 9.21 Å². The number of oxazole rings is 1. The van der Waals surface area contributed by atoms with Crippen LogP contribution in [0.4, 0.5) is 5.69 Å². The zero-order valence-corrected chi connectivity index (χ0v) is 18.3. The molecule has 1 saturated heterocycles. The van der Waals surface area contributed by atoms with Crippen LogP contribution in [-0.4, -0.2) is 35.4 Å². The molecule has 1 fully saturated rings. The van der Waals surface area contributed by atoms with Crippen LogP contribution in [-0.2, 0) is 6.54 Å². The van der Waals surface area contributed by atoms with Gasteiger partial charge in [-0.3, -0.25) is 9.69 Å². The minimum absolute atomic E-state index is 0. The van der Waals surface area contributed by atoms with Crippen molar-refractivity contribution in [2.45, 2.75) is 40.2 Å². The number of nitrogen functional groups attached to an aromatic ring is 1. The lowest BCUT2D eigenvalue weighted by Gasteiger charge is -2.31. The van der Waals surface area contributed by atoms with Crippen LogP contribution in [0, 0.1) is 26.7 Å². The third-order valence-electron chi connectivity index (χ3n) is 5.20. The Kier molecular flexibility index (Phi) is 9.27. The van der Waals surface area contributed by atoms with E-state index < -0.39 is 0 Å². The van der Waals surface area contributed by atoms with E-state index in [4.69, 9.17) is 10.2 Å². The van der Waals surface area contributed by atoms with Gasteiger partial charge in [0.15, 0.2) is 0 Å². The maximum atomic E-state index is 12.4. The number of likely N-dealkylation sites (tertiary alicyclic amines) is 1. The lowest BCUT2D eigenvalue weighted by molar-refractivity contribution is 0.0933. The van der Waals surface area contributed by atoms with Gasteiger partial charge in [-0.15, -0.1) is 24.8 Å². The van der Waals surface area contributed by atoms with Crippen LogP contribution in [0.25, 0.3) is 0 Å². The van der Waals surface area contributed by atoms with E-state index in [0.717, 1.165) is 55.4 Å². The zero-order chi connectivity index (χ0) is 18.7. The Morgan fingerprint density at radius 1 is 1.25 bits per heavy atom. The molecule has 6 nitrogen and oxygen atoms in total. The van der Waals surface area contributed by atoms with E-state index >= 15 is 0 Å². The summed E-state index contributed by atoms with van der Waals surface area (Å²) < 4.78 is 5.67. The number of halogens is 2. The fraction of sp³-hybridized carbons (Fsp3) is 0.500. The predicted octanol–water partition coefficient (Wildman–Crippen LogP) is 3.67. The molecule has 1 aromatic carbocycles. The third-order valence-corrected chi connectivity index (χ3v) is 5.20. The van der Waals surface area contributed by atoms with Crippen molar-refractivity contribution in [2.24, 2.45) is 5.92 Å². The van der Waals surface area contributed by atoms with E-state index in [2.05, 4.69) is 15.2 Å². The fourth-order valence-electron chi connectivity index (χ4n) is 3.36. The number of hydrogen-bond donors (Lipinski definition) is 2. The molecule has 2 aromatic rings. The monoisotopic (exact) mass is 428 g/mol. The molecule has 0 unspecified atom stereocenters. The van der Waals surface area contributed by atoms with Crippen LogP contribution >= 0.6 is 24.8 Å². The average Bonchev–Trinajstić information content (AvgIpc) is 2.93. The molecule has 1 aromatic heterocycles. The normalized spacial score (nSPS) is 14.8.